The van der Waals surface area contributed by atoms with Gasteiger partial charge in [0, 0.05) is 32.3 Å². The molecule has 2 heterocycles. The first-order valence-corrected chi connectivity index (χ1v) is 9.75. The summed E-state index contributed by atoms with van der Waals surface area (Å²) in [7, 11) is 1.61. The summed E-state index contributed by atoms with van der Waals surface area (Å²) in [5.74, 6) is 1.37. The van der Waals surface area contributed by atoms with E-state index in [1.807, 2.05) is 36.9 Å². The number of hydrogen-bond donors (Lipinski definition) is 0. The molecule has 7 nitrogen and oxygen atoms in total. The number of carbonyl (C=O) groups excluding carboxylic acids is 1. The van der Waals surface area contributed by atoms with Crippen molar-refractivity contribution in [2.24, 2.45) is 0 Å². The highest BCUT2D eigenvalue weighted by molar-refractivity contribution is 7.15. The summed E-state index contributed by atoms with van der Waals surface area (Å²) >= 11 is 1.58. The molecule has 2 aromatic rings. The van der Waals surface area contributed by atoms with Crippen LogP contribution in [-0.4, -0.2) is 60.9 Å². The number of benzene rings is 1. The third kappa shape index (κ3) is 4.77. The van der Waals surface area contributed by atoms with Gasteiger partial charge in [0.25, 0.3) is 0 Å². The summed E-state index contributed by atoms with van der Waals surface area (Å²) in [6.07, 6.45) is 3.42. The van der Waals surface area contributed by atoms with Gasteiger partial charge in [-0.3, -0.25) is 4.79 Å². The molecule has 27 heavy (non-hydrogen) atoms. The molecule has 0 spiro atoms. The Kier molecular flexibility index (Phi) is 6.28. The van der Waals surface area contributed by atoms with Gasteiger partial charge in [0.1, 0.15) is 5.01 Å². The molecule has 0 atom stereocenters. The lowest BCUT2D eigenvalue weighted by molar-refractivity contribution is -0.126. The molecule has 0 radical (unpaired) electrons. The zero-order chi connectivity index (χ0) is 19.2. The summed E-state index contributed by atoms with van der Waals surface area (Å²) in [5, 5.41) is 10.1. The number of ether oxygens (including phenoxy) is 2. The molecular weight excluding hydrogens is 364 g/mol. The van der Waals surface area contributed by atoms with Gasteiger partial charge in [-0.1, -0.05) is 17.4 Å². The fourth-order valence-corrected chi connectivity index (χ4v) is 3.61. The predicted molar refractivity (Wildman–Crippen MR) is 107 cm³/mol. The van der Waals surface area contributed by atoms with Crippen LogP contribution in [0.1, 0.15) is 17.5 Å². The Morgan fingerprint density at radius 2 is 2.00 bits per heavy atom. The summed E-state index contributed by atoms with van der Waals surface area (Å²) < 4.78 is 10.9. The van der Waals surface area contributed by atoms with Gasteiger partial charge in [0.15, 0.2) is 11.5 Å². The monoisotopic (exact) mass is 388 g/mol. The molecule has 1 aromatic carbocycles. The predicted octanol–water partition coefficient (Wildman–Crippen LogP) is 2.62. The highest BCUT2D eigenvalue weighted by Crippen LogP contribution is 2.28. The number of methoxy groups -OCH3 is 1. The zero-order valence-corrected chi connectivity index (χ0v) is 16.7. The Morgan fingerprint density at radius 3 is 2.63 bits per heavy atom. The van der Waals surface area contributed by atoms with Crippen LogP contribution in [-0.2, 0) is 4.79 Å². The average Bonchev–Trinajstić information content (AvgIpc) is 3.13. The highest BCUT2D eigenvalue weighted by atomic mass is 32.1. The van der Waals surface area contributed by atoms with E-state index in [4.69, 9.17) is 9.47 Å². The van der Waals surface area contributed by atoms with Crippen molar-refractivity contribution in [2.75, 3.05) is 44.8 Å². The topological polar surface area (TPSA) is 67.8 Å². The Morgan fingerprint density at radius 1 is 1.22 bits per heavy atom. The molecule has 1 saturated heterocycles. The average molecular weight is 388 g/mol. The summed E-state index contributed by atoms with van der Waals surface area (Å²) in [4.78, 5) is 16.5. The molecule has 1 aliphatic rings. The van der Waals surface area contributed by atoms with Crippen LogP contribution in [0, 0.1) is 6.92 Å². The first-order chi connectivity index (χ1) is 13.1. The van der Waals surface area contributed by atoms with Crippen molar-refractivity contribution in [1.29, 1.82) is 0 Å². The first kappa shape index (κ1) is 19.2. The molecule has 3 rings (SSSR count). The highest BCUT2D eigenvalue weighted by Gasteiger charge is 2.21. The van der Waals surface area contributed by atoms with Gasteiger partial charge in [-0.25, -0.2) is 0 Å². The molecule has 1 fully saturated rings. The first-order valence-electron chi connectivity index (χ1n) is 8.93. The van der Waals surface area contributed by atoms with Crippen LogP contribution in [0.5, 0.6) is 11.5 Å². The lowest BCUT2D eigenvalue weighted by Gasteiger charge is -2.33. The smallest absolute Gasteiger partial charge is 0.246 e. The van der Waals surface area contributed by atoms with Gasteiger partial charge < -0.3 is 19.3 Å². The molecule has 1 amide bonds. The summed E-state index contributed by atoms with van der Waals surface area (Å²) in [6, 6.07) is 5.63. The minimum absolute atomic E-state index is 0.0101. The van der Waals surface area contributed by atoms with Gasteiger partial charge in [-0.2, -0.15) is 0 Å². The molecule has 0 bridgehead atoms. The van der Waals surface area contributed by atoms with E-state index in [-0.39, 0.29) is 5.91 Å². The molecule has 0 N–H and O–H groups in total. The Bertz CT molecular complexity index is 813. The van der Waals surface area contributed by atoms with Crippen molar-refractivity contribution in [3.8, 4) is 11.5 Å². The molecule has 8 heteroatoms. The van der Waals surface area contributed by atoms with Crippen LogP contribution in [0.3, 0.4) is 0 Å². The lowest BCUT2D eigenvalue weighted by Crippen LogP contribution is -2.48. The van der Waals surface area contributed by atoms with Crippen molar-refractivity contribution in [3.63, 3.8) is 0 Å². The number of hydrogen-bond acceptors (Lipinski definition) is 7. The Labute approximate surface area is 163 Å². The van der Waals surface area contributed by atoms with Crippen LogP contribution in [0.25, 0.3) is 6.08 Å². The SMILES string of the molecule is CCOc1ccc(/C=C/C(=O)N2CCN(c3nnc(C)s3)CC2)cc1OC. The van der Waals surface area contributed by atoms with E-state index in [2.05, 4.69) is 15.1 Å². The third-order valence-electron chi connectivity index (χ3n) is 4.28. The van der Waals surface area contributed by atoms with Gasteiger partial charge in [-0.15, -0.1) is 10.2 Å². The second-order valence-electron chi connectivity index (χ2n) is 6.09. The van der Waals surface area contributed by atoms with Crippen molar-refractivity contribution in [3.05, 3.63) is 34.8 Å². The zero-order valence-electron chi connectivity index (χ0n) is 15.8. The van der Waals surface area contributed by atoms with Crippen molar-refractivity contribution in [1.82, 2.24) is 15.1 Å². The molecule has 0 saturated carbocycles. The van der Waals surface area contributed by atoms with Crippen molar-refractivity contribution >= 4 is 28.5 Å². The number of amides is 1. The van der Waals surface area contributed by atoms with E-state index in [9.17, 15) is 4.79 Å². The molecule has 144 valence electrons. The minimum Gasteiger partial charge on any atom is -0.493 e. The normalized spacial score (nSPS) is 14.6. The van der Waals surface area contributed by atoms with E-state index in [0.717, 1.165) is 28.8 Å². The second-order valence-corrected chi connectivity index (χ2v) is 7.25. The van der Waals surface area contributed by atoms with Gasteiger partial charge >= 0.3 is 0 Å². The van der Waals surface area contributed by atoms with Crippen LogP contribution in [0.15, 0.2) is 24.3 Å². The maximum absolute atomic E-state index is 12.5. The quantitative estimate of drug-likeness (QED) is 0.709. The Hall–Kier alpha value is -2.61. The largest absolute Gasteiger partial charge is 0.493 e. The molecule has 0 aliphatic carbocycles. The molecule has 1 aromatic heterocycles. The number of carbonyl (C=O) groups is 1. The number of anilines is 1. The second kappa shape index (κ2) is 8.85. The number of piperazine rings is 1. The third-order valence-corrected chi connectivity index (χ3v) is 5.18. The van der Waals surface area contributed by atoms with E-state index >= 15 is 0 Å². The van der Waals surface area contributed by atoms with Crippen LogP contribution in [0.2, 0.25) is 0 Å². The fourth-order valence-electron chi connectivity index (χ4n) is 2.87. The van der Waals surface area contributed by atoms with E-state index in [0.29, 0.717) is 31.2 Å². The Balaban J connectivity index is 1.57. The molecule has 1 aliphatic heterocycles. The van der Waals surface area contributed by atoms with E-state index in [1.54, 1.807) is 30.6 Å². The number of rotatable bonds is 6. The summed E-state index contributed by atoms with van der Waals surface area (Å²) in [6.45, 7) is 7.34. The standard InChI is InChI=1S/C19H24N4O3S/c1-4-26-16-7-5-15(13-17(16)25-3)6-8-18(24)22-9-11-23(12-10-22)19-21-20-14(2)27-19/h5-8,13H,4,9-12H2,1-3H3/b8-6+. The van der Waals surface area contributed by atoms with Crippen molar-refractivity contribution in [2.45, 2.75) is 13.8 Å². The van der Waals surface area contributed by atoms with Gasteiger partial charge in [-0.05, 0) is 37.6 Å². The molecule has 0 unspecified atom stereocenters. The number of aryl methyl sites for hydroxylation is 1. The maximum Gasteiger partial charge on any atom is 0.246 e. The van der Waals surface area contributed by atoms with E-state index < -0.39 is 0 Å². The minimum atomic E-state index is 0.0101. The fraction of sp³-hybridized carbons (Fsp3) is 0.421. The van der Waals surface area contributed by atoms with Crippen LogP contribution in [0.4, 0.5) is 5.13 Å². The summed E-state index contributed by atoms with van der Waals surface area (Å²) in [5.41, 5.74) is 0.895. The van der Waals surface area contributed by atoms with E-state index in [1.165, 1.54) is 0 Å². The number of aromatic nitrogens is 2. The number of nitrogens with zero attached hydrogens (tertiary/aromatic N) is 4. The van der Waals surface area contributed by atoms with Crippen molar-refractivity contribution < 1.29 is 14.3 Å². The van der Waals surface area contributed by atoms with Gasteiger partial charge in [0.05, 0.1) is 13.7 Å². The van der Waals surface area contributed by atoms with Gasteiger partial charge in [0.2, 0.25) is 11.0 Å². The molecular formula is C19H24N4O3S. The van der Waals surface area contributed by atoms with Crippen LogP contribution >= 0.6 is 11.3 Å². The maximum atomic E-state index is 12.5. The van der Waals surface area contributed by atoms with Crippen LogP contribution < -0.4 is 14.4 Å². The lowest BCUT2D eigenvalue weighted by atomic mass is 10.2.